The van der Waals surface area contributed by atoms with Gasteiger partial charge in [0, 0.05) is 17.7 Å². The number of carboxylic acid groups (broad SMARTS) is 1. The van der Waals surface area contributed by atoms with Crippen LogP contribution in [-0.2, 0) is 11.3 Å². The Morgan fingerprint density at radius 3 is 2.57 bits per heavy atom. The highest BCUT2D eigenvalue weighted by molar-refractivity contribution is 5.85. The summed E-state index contributed by atoms with van der Waals surface area (Å²) in [6.07, 6.45) is 0. The summed E-state index contributed by atoms with van der Waals surface area (Å²) in [6, 6.07) is 5.07. The molecule has 1 atom stereocenters. The highest BCUT2D eigenvalue weighted by Gasteiger charge is 2.19. The van der Waals surface area contributed by atoms with Crippen LogP contribution in [-0.4, -0.2) is 44.1 Å². The lowest BCUT2D eigenvalue weighted by molar-refractivity contribution is -0.384. The predicted octanol–water partition coefficient (Wildman–Crippen LogP) is 1.97. The largest absolute Gasteiger partial charge is 0.480 e. The highest BCUT2D eigenvalue weighted by Crippen LogP contribution is 2.20. The first-order chi connectivity index (χ1) is 10.4. The van der Waals surface area contributed by atoms with Crippen molar-refractivity contribution in [3.63, 3.8) is 0 Å². The first kappa shape index (κ1) is 18.5. The van der Waals surface area contributed by atoms with E-state index in [1.165, 1.54) is 24.3 Å². The third-order valence-corrected chi connectivity index (χ3v) is 3.21. The summed E-state index contributed by atoms with van der Waals surface area (Å²) in [5.74, 6) is -0.386. The summed E-state index contributed by atoms with van der Waals surface area (Å²) in [4.78, 5) is 26.7. The van der Waals surface area contributed by atoms with Crippen LogP contribution < -0.4 is 0 Å². The van der Waals surface area contributed by atoms with Crippen molar-refractivity contribution in [2.75, 3.05) is 7.05 Å². The van der Waals surface area contributed by atoms with Crippen molar-refractivity contribution < 1.29 is 19.3 Å². The van der Waals surface area contributed by atoms with E-state index in [0.717, 1.165) is 0 Å². The minimum atomic E-state index is -0.947. The number of nitrogens with zero attached hydrogens (tertiary/aromatic N) is 4. The quantitative estimate of drug-likeness (QED) is 0.624. The van der Waals surface area contributed by atoms with Gasteiger partial charge in [0.25, 0.3) is 5.69 Å². The predicted molar refractivity (Wildman–Crippen MR) is 82.2 cm³/mol. The number of hydrogen-bond acceptors (Lipinski definition) is 7. The molecule has 0 aliphatic heterocycles. The zero-order chi connectivity index (χ0) is 16.3. The molecule has 0 bridgehead atoms. The number of aromatic nitrogens is 2. The normalized spacial score (nSPS) is 11.8. The Morgan fingerprint density at radius 2 is 2.04 bits per heavy atom. The number of carboxylic acids is 1. The standard InChI is InChI=1S/C13H14N4O5.ClH/c1-8(13(18)19)16(2)7-11-14-12(15-22-11)9-3-5-10(6-4-9)17(20)21;/h3-6,8H,7H2,1-2H3,(H,18,19);1H. The fourth-order valence-electron chi connectivity index (χ4n) is 1.71. The molecule has 23 heavy (non-hydrogen) atoms. The van der Waals surface area contributed by atoms with Crippen molar-refractivity contribution in [2.24, 2.45) is 0 Å². The molecular weight excluding hydrogens is 328 g/mol. The topological polar surface area (TPSA) is 123 Å². The molecule has 1 aromatic heterocycles. The van der Waals surface area contributed by atoms with Crippen LogP contribution in [0.1, 0.15) is 12.8 Å². The molecule has 0 amide bonds. The lowest BCUT2D eigenvalue weighted by Gasteiger charge is -2.18. The van der Waals surface area contributed by atoms with Gasteiger partial charge >= 0.3 is 5.97 Å². The summed E-state index contributed by atoms with van der Waals surface area (Å²) in [5.41, 5.74) is 0.553. The van der Waals surface area contributed by atoms with E-state index >= 15 is 0 Å². The van der Waals surface area contributed by atoms with Gasteiger partial charge in [-0.25, -0.2) is 0 Å². The Labute approximate surface area is 137 Å². The zero-order valence-electron chi connectivity index (χ0n) is 12.4. The minimum Gasteiger partial charge on any atom is -0.480 e. The summed E-state index contributed by atoms with van der Waals surface area (Å²) in [5, 5.41) is 23.3. The van der Waals surface area contributed by atoms with E-state index in [1.54, 1.807) is 18.9 Å². The summed E-state index contributed by atoms with van der Waals surface area (Å²) in [7, 11) is 1.63. The highest BCUT2D eigenvalue weighted by atomic mass is 35.5. The number of halogens is 1. The monoisotopic (exact) mass is 342 g/mol. The maximum absolute atomic E-state index is 10.9. The summed E-state index contributed by atoms with van der Waals surface area (Å²) < 4.78 is 5.07. The van der Waals surface area contributed by atoms with Gasteiger partial charge in [-0.15, -0.1) is 12.4 Å². The van der Waals surface area contributed by atoms with E-state index in [9.17, 15) is 14.9 Å². The minimum absolute atomic E-state index is 0. The molecule has 0 radical (unpaired) electrons. The number of hydrogen-bond donors (Lipinski definition) is 1. The van der Waals surface area contributed by atoms with Crippen LogP contribution in [0.15, 0.2) is 28.8 Å². The molecular formula is C13H15ClN4O5. The number of nitro groups is 1. The molecule has 2 aromatic rings. The Bertz CT molecular complexity index is 688. The van der Waals surface area contributed by atoms with Crippen molar-refractivity contribution >= 4 is 24.1 Å². The van der Waals surface area contributed by atoms with Crippen LogP contribution >= 0.6 is 12.4 Å². The first-order valence-corrected chi connectivity index (χ1v) is 6.39. The smallest absolute Gasteiger partial charge is 0.320 e. The Kier molecular flexibility index (Phi) is 6.17. The second-order valence-electron chi connectivity index (χ2n) is 4.75. The van der Waals surface area contributed by atoms with E-state index in [1.807, 2.05) is 0 Å². The maximum atomic E-state index is 10.9. The molecule has 0 saturated carbocycles. The van der Waals surface area contributed by atoms with Crippen LogP contribution in [0.2, 0.25) is 0 Å². The molecule has 1 heterocycles. The number of aliphatic carboxylic acids is 1. The van der Waals surface area contributed by atoms with Crippen molar-refractivity contribution in [1.29, 1.82) is 0 Å². The van der Waals surface area contributed by atoms with Crippen LogP contribution in [0.4, 0.5) is 5.69 Å². The van der Waals surface area contributed by atoms with Crippen LogP contribution in [0.5, 0.6) is 0 Å². The van der Waals surface area contributed by atoms with E-state index < -0.39 is 16.9 Å². The van der Waals surface area contributed by atoms with Gasteiger partial charge in [-0.1, -0.05) is 5.16 Å². The number of benzene rings is 1. The Hall–Kier alpha value is -2.52. The molecule has 10 heteroatoms. The molecule has 124 valence electrons. The zero-order valence-corrected chi connectivity index (χ0v) is 13.2. The van der Waals surface area contributed by atoms with Crippen LogP contribution in [0.25, 0.3) is 11.4 Å². The number of rotatable bonds is 6. The van der Waals surface area contributed by atoms with Gasteiger partial charge in [0.1, 0.15) is 6.04 Å². The van der Waals surface area contributed by atoms with Gasteiger partial charge in [0.15, 0.2) is 0 Å². The molecule has 0 saturated heterocycles. The molecule has 0 fully saturated rings. The average Bonchev–Trinajstić information content (AvgIpc) is 2.94. The third kappa shape index (κ3) is 4.47. The summed E-state index contributed by atoms with van der Waals surface area (Å²) >= 11 is 0. The number of carbonyl (C=O) groups is 1. The van der Waals surface area contributed by atoms with E-state index in [-0.39, 0.29) is 30.5 Å². The van der Waals surface area contributed by atoms with E-state index in [0.29, 0.717) is 11.4 Å². The summed E-state index contributed by atoms with van der Waals surface area (Å²) in [6.45, 7) is 1.74. The van der Waals surface area contributed by atoms with Gasteiger partial charge in [-0.3, -0.25) is 19.8 Å². The van der Waals surface area contributed by atoms with Gasteiger partial charge in [-0.05, 0) is 26.1 Å². The average molecular weight is 343 g/mol. The molecule has 0 spiro atoms. The van der Waals surface area contributed by atoms with E-state index in [4.69, 9.17) is 9.63 Å². The van der Waals surface area contributed by atoms with Gasteiger partial charge in [-0.2, -0.15) is 4.98 Å². The van der Waals surface area contributed by atoms with E-state index in [2.05, 4.69) is 10.1 Å². The lowest BCUT2D eigenvalue weighted by atomic mass is 10.2. The fraction of sp³-hybridized carbons (Fsp3) is 0.308. The van der Waals surface area contributed by atoms with Crippen molar-refractivity contribution in [1.82, 2.24) is 15.0 Å². The van der Waals surface area contributed by atoms with Crippen LogP contribution in [0.3, 0.4) is 0 Å². The second-order valence-corrected chi connectivity index (χ2v) is 4.75. The first-order valence-electron chi connectivity index (χ1n) is 6.39. The Balaban J connectivity index is 0.00000264. The van der Waals surface area contributed by atoms with Gasteiger partial charge in [0.05, 0.1) is 11.5 Å². The molecule has 0 aliphatic rings. The number of nitro benzene ring substituents is 1. The molecule has 2 rings (SSSR count). The van der Waals surface area contributed by atoms with Crippen molar-refractivity contribution in [3.05, 3.63) is 40.3 Å². The lowest BCUT2D eigenvalue weighted by Crippen LogP contribution is -2.35. The molecule has 1 N–H and O–H groups in total. The number of likely N-dealkylation sites (N-methyl/N-ethyl adjacent to an activating group) is 1. The van der Waals surface area contributed by atoms with Crippen molar-refractivity contribution in [2.45, 2.75) is 19.5 Å². The maximum Gasteiger partial charge on any atom is 0.320 e. The molecule has 1 aromatic carbocycles. The van der Waals surface area contributed by atoms with Gasteiger partial charge < -0.3 is 9.63 Å². The molecule has 1 unspecified atom stereocenters. The van der Waals surface area contributed by atoms with Gasteiger partial charge in [0.2, 0.25) is 11.7 Å². The molecule has 0 aliphatic carbocycles. The SMILES string of the molecule is CC(C(=O)O)N(C)Cc1nc(-c2ccc([N+](=O)[O-])cc2)no1.Cl. The number of non-ortho nitro benzene ring substituents is 1. The van der Waals surface area contributed by atoms with Crippen molar-refractivity contribution in [3.8, 4) is 11.4 Å². The second kappa shape index (κ2) is 7.65. The Morgan fingerprint density at radius 1 is 1.43 bits per heavy atom. The fourth-order valence-corrected chi connectivity index (χ4v) is 1.71. The third-order valence-electron chi connectivity index (χ3n) is 3.21. The molecule has 9 nitrogen and oxygen atoms in total. The van der Waals surface area contributed by atoms with Crippen LogP contribution in [0, 0.1) is 10.1 Å².